The Morgan fingerprint density at radius 3 is 2.29 bits per heavy atom. The summed E-state index contributed by atoms with van der Waals surface area (Å²) in [4.78, 5) is 2.14. The van der Waals surface area contributed by atoms with E-state index in [2.05, 4.69) is 24.1 Å². The molecule has 3 atom stereocenters. The zero-order valence-corrected chi connectivity index (χ0v) is 10.2. The molecule has 0 bridgehead atoms. The molecule has 1 aliphatic heterocycles. The largest absolute Gasteiger partial charge is 0.375 e. The summed E-state index contributed by atoms with van der Waals surface area (Å²) in [6, 6.07) is 0.508. The van der Waals surface area contributed by atoms with E-state index < -0.39 is 0 Å². The van der Waals surface area contributed by atoms with Crippen molar-refractivity contribution in [2.45, 2.75) is 44.9 Å². The molecule has 1 saturated heterocycles. The first-order valence-electron chi connectivity index (χ1n) is 5.14. The summed E-state index contributed by atoms with van der Waals surface area (Å²) < 4.78 is 5.69. The number of ether oxygens (including phenoxy) is 1. The monoisotopic (exact) mass is 216 g/mol. The predicted octanol–water partition coefficient (Wildman–Crippen LogP) is 1.38. The van der Waals surface area contributed by atoms with E-state index in [1.54, 1.807) is 0 Å². The van der Waals surface area contributed by atoms with Crippen molar-refractivity contribution in [1.82, 2.24) is 10.2 Å². The van der Waals surface area contributed by atoms with Gasteiger partial charge in [0.1, 0.15) is 0 Å². The maximum Gasteiger partial charge on any atom is 0.168 e. The lowest BCUT2D eigenvalue weighted by molar-refractivity contribution is -0.0526. The second-order valence-electron chi connectivity index (χ2n) is 4.05. The van der Waals surface area contributed by atoms with Crippen molar-refractivity contribution in [3.63, 3.8) is 0 Å². The average molecular weight is 216 g/mol. The van der Waals surface area contributed by atoms with Crippen LogP contribution >= 0.6 is 12.2 Å². The lowest BCUT2D eigenvalue weighted by atomic mass is 9.99. The molecule has 1 rings (SSSR count). The van der Waals surface area contributed by atoms with E-state index in [0.29, 0.717) is 18.2 Å². The lowest BCUT2D eigenvalue weighted by Crippen LogP contribution is -2.47. The molecule has 0 spiro atoms. The van der Waals surface area contributed by atoms with Crippen LogP contribution in [0.2, 0.25) is 0 Å². The van der Waals surface area contributed by atoms with Crippen LogP contribution in [0.25, 0.3) is 0 Å². The number of rotatable bonds is 1. The van der Waals surface area contributed by atoms with E-state index in [4.69, 9.17) is 17.0 Å². The minimum atomic E-state index is 0.339. The van der Waals surface area contributed by atoms with Crippen molar-refractivity contribution < 1.29 is 4.74 Å². The van der Waals surface area contributed by atoms with Crippen molar-refractivity contribution in [3.05, 3.63) is 0 Å². The third kappa shape index (κ3) is 2.82. The Bertz CT molecular complexity index is 200. The van der Waals surface area contributed by atoms with Crippen LogP contribution < -0.4 is 5.32 Å². The first-order valence-corrected chi connectivity index (χ1v) is 5.55. The van der Waals surface area contributed by atoms with Gasteiger partial charge in [-0.2, -0.15) is 0 Å². The second kappa shape index (κ2) is 4.94. The molecule has 1 N–H and O–H groups in total. The molecule has 0 saturated carbocycles. The summed E-state index contributed by atoms with van der Waals surface area (Å²) >= 11 is 5.21. The standard InChI is InChI=1S/C10H20N2OS/c1-7-5-9(6-8(2)13-7)12(4)10(14)11-3/h7-9H,5-6H2,1-4H3,(H,11,14)/t7-,8+,9?. The molecular formula is C10H20N2OS. The molecule has 0 amide bonds. The summed E-state index contributed by atoms with van der Waals surface area (Å²) in [5.41, 5.74) is 0. The van der Waals surface area contributed by atoms with Crippen LogP contribution in [-0.4, -0.2) is 42.4 Å². The summed E-state index contributed by atoms with van der Waals surface area (Å²) in [6.45, 7) is 4.25. The Morgan fingerprint density at radius 1 is 1.36 bits per heavy atom. The molecule has 0 radical (unpaired) electrons. The Kier molecular flexibility index (Phi) is 4.13. The molecule has 82 valence electrons. The van der Waals surface area contributed by atoms with Gasteiger partial charge in [-0.3, -0.25) is 0 Å². The van der Waals surface area contributed by atoms with Crippen molar-refractivity contribution >= 4 is 17.3 Å². The first-order chi connectivity index (χ1) is 6.54. The van der Waals surface area contributed by atoms with Crippen LogP contribution in [0, 0.1) is 0 Å². The topological polar surface area (TPSA) is 24.5 Å². The van der Waals surface area contributed by atoms with Gasteiger partial charge in [-0.05, 0) is 38.9 Å². The molecule has 0 aliphatic carbocycles. The van der Waals surface area contributed by atoms with Crippen LogP contribution in [0.5, 0.6) is 0 Å². The third-order valence-electron chi connectivity index (χ3n) is 2.75. The van der Waals surface area contributed by atoms with Gasteiger partial charge in [0, 0.05) is 20.1 Å². The van der Waals surface area contributed by atoms with Crippen LogP contribution in [0.1, 0.15) is 26.7 Å². The van der Waals surface area contributed by atoms with Gasteiger partial charge in [-0.15, -0.1) is 0 Å². The number of hydrogen-bond donors (Lipinski definition) is 1. The molecule has 1 fully saturated rings. The van der Waals surface area contributed by atoms with Crippen LogP contribution in [0.3, 0.4) is 0 Å². The van der Waals surface area contributed by atoms with Crippen LogP contribution in [-0.2, 0) is 4.74 Å². The van der Waals surface area contributed by atoms with Gasteiger partial charge in [0.25, 0.3) is 0 Å². The molecule has 3 nitrogen and oxygen atoms in total. The van der Waals surface area contributed by atoms with E-state index in [0.717, 1.165) is 18.0 Å². The maximum absolute atomic E-state index is 5.69. The quantitative estimate of drug-likeness (QED) is 0.669. The highest BCUT2D eigenvalue weighted by Gasteiger charge is 2.27. The SMILES string of the molecule is CNC(=S)N(C)C1C[C@@H](C)O[C@@H](C)C1. The van der Waals surface area contributed by atoms with Gasteiger partial charge in [0.2, 0.25) is 0 Å². The zero-order chi connectivity index (χ0) is 10.7. The molecule has 14 heavy (non-hydrogen) atoms. The number of thiocarbonyl (C=S) groups is 1. The lowest BCUT2D eigenvalue weighted by Gasteiger charge is -2.38. The van der Waals surface area contributed by atoms with E-state index in [9.17, 15) is 0 Å². The van der Waals surface area contributed by atoms with Crippen molar-refractivity contribution in [2.24, 2.45) is 0 Å². The highest BCUT2D eigenvalue weighted by Crippen LogP contribution is 2.22. The fourth-order valence-corrected chi connectivity index (χ4v) is 2.18. The van der Waals surface area contributed by atoms with E-state index in [1.165, 1.54) is 0 Å². The molecule has 1 heterocycles. The van der Waals surface area contributed by atoms with E-state index >= 15 is 0 Å². The molecule has 0 aromatic carbocycles. The smallest absolute Gasteiger partial charge is 0.168 e. The van der Waals surface area contributed by atoms with Crippen LogP contribution in [0.15, 0.2) is 0 Å². The Morgan fingerprint density at radius 2 is 1.86 bits per heavy atom. The minimum Gasteiger partial charge on any atom is -0.375 e. The summed E-state index contributed by atoms with van der Waals surface area (Å²) in [5, 5.41) is 3.82. The highest BCUT2D eigenvalue weighted by molar-refractivity contribution is 7.80. The molecule has 4 heteroatoms. The normalized spacial score (nSPS) is 32.4. The molecule has 0 aromatic heterocycles. The molecule has 1 unspecified atom stereocenters. The highest BCUT2D eigenvalue weighted by atomic mass is 32.1. The maximum atomic E-state index is 5.69. The molecular weight excluding hydrogens is 196 g/mol. The van der Waals surface area contributed by atoms with E-state index in [1.807, 2.05) is 14.1 Å². The van der Waals surface area contributed by atoms with Crippen molar-refractivity contribution in [3.8, 4) is 0 Å². The van der Waals surface area contributed by atoms with Gasteiger partial charge in [-0.1, -0.05) is 0 Å². The Balaban J connectivity index is 2.54. The zero-order valence-electron chi connectivity index (χ0n) is 9.41. The molecule has 0 aromatic rings. The summed E-state index contributed by atoms with van der Waals surface area (Å²) in [6.07, 6.45) is 2.79. The van der Waals surface area contributed by atoms with Gasteiger partial charge in [0.05, 0.1) is 12.2 Å². The average Bonchev–Trinajstić information content (AvgIpc) is 2.14. The number of hydrogen-bond acceptors (Lipinski definition) is 2. The number of nitrogens with zero attached hydrogens (tertiary/aromatic N) is 1. The second-order valence-corrected chi connectivity index (χ2v) is 4.44. The van der Waals surface area contributed by atoms with E-state index in [-0.39, 0.29) is 0 Å². The fraction of sp³-hybridized carbons (Fsp3) is 0.900. The fourth-order valence-electron chi connectivity index (χ4n) is 2.03. The summed E-state index contributed by atoms with van der Waals surface area (Å²) in [5.74, 6) is 0. The Hall–Kier alpha value is -0.350. The summed E-state index contributed by atoms with van der Waals surface area (Å²) in [7, 11) is 3.92. The third-order valence-corrected chi connectivity index (χ3v) is 3.25. The minimum absolute atomic E-state index is 0.339. The number of nitrogens with one attached hydrogen (secondary N) is 1. The Labute approximate surface area is 91.8 Å². The molecule has 1 aliphatic rings. The van der Waals surface area contributed by atoms with Gasteiger partial charge >= 0.3 is 0 Å². The first kappa shape index (κ1) is 11.7. The predicted molar refractivity (Wildman–Crippen MR) is 62.5 cm³/mol. The van der Waals surface area contributed by atoms with Gasteiger partial charge < -0.3 is 15.0 Å². The van der Waals surface area contributed by atoms with Gasteiger partial charge in [0.15, 0.2) is 5.11 Å². The van der Waals surface area contributed by atoms with Crippen LogP contribution in [0.4, 0.5) is 0 Å². The van der Waals surface area contributed by atoms with Gasteiger partial charge in [-0.25, -0.2) is 0 Å². The van der Waals surface area contributed by atoms with Crippen molar-refractivity contribution in [1.29, 1.82) is 0 Å². The van der Waals surface area contributed by atoms with Crippen molar-refractivity contribution in [2.75, 3.05) is 14.1 Å².